The topological polar surface area (TPSA) is 84.9 Å². The predicted octanol–water partition coefficient (Wildman–Crippen LogP) is 3.47. The molecular weight excluding hydrogens is 420 g/mol. The van der Waals surface area contributed by atoms with Crippen molar-refractivity contribution in [2.24, 2.45) is 0 Å². The van der Waals surface area contributed by atoms with E-state index in [1.54, 1.807) is 38.5 Å². The van der Waals surface area contributed by atoms with Crippen LogP contribution in [0.15, 0.2) is 66.7 Å². The third kappa shape index (κ3) is 4.57. The van der Waals surface area contributed by atoms with Gasteiger partial charge in [-0.2, -0.15) is 0 Å². The predicted molar refractivity (Wildman–Crippen MR) is 123 cm³/mol. The van der Waals surface area contributed by atoms with Crippen molar-refractivity contribution in [3.05, 3.63) is 94.5 Å². The third-order valence-corrected chi connectivity index (χ3v) is 5.63. The number of methoxy groups -OCH3 is 2. The van der Waals surface area contributed by atoms with E-state index in [1.165, 1.54) is 11.0 Å². The number of nitrogens with one attached hydrogen (secondary N) is 1. The Balaban J connectivity index is 1.44. The molecule has 0 saturated carbocycles. The van der Waals surface area contributed by atoms with Gasteiger partial charge in [-0.1, -0.05) is 30.3 Å². The summed E-state index contributed by atoms with van der Waals surface area (Å²) >= 11 is 0. The molecule has 7 heteroatoms. The summed E-state index contributed by atoms with van der Waals surface area (Å²) in [5, 5.41) is 2.83. The minimum absolute atomic E-state index is 0.235. The van der Waals surface area contributed by atoms with E-state index >= 15 is 0 Å². The second-order valence-corrected chi connectivity index (χ2v) is 7.62. The number of rotatable bonds is 8. The molecule has 0 spiro atoms. The van der Waals surface area contributed by atoms with Crippen LogP contribution in [0.25, 0.3) is 0 Å². The van der Waals surface area contributed by atoms with Gasteiger partial charge < -0.3 is 14.8 Å². The summed E-state index contributed by atoms with van der Waals surface area (Å²) in [5.41, 5.74) is 2.71. The van der Waals surface area contributed by atoms with Gasteiger partial charge in [0.1, 0.15) is 11.5 Å². The average molecular weight is 444 g/mol. The molecule has 1 N–H and O–H groups in total. The van der Waals surface area contributed by atoms with E-state index in [0.29, 0.717) is 29.0 Å². The molecule has 0 aliphatic carbocycles. The first-order valence-electron chi connectivity index (χ1n) is 10.5. The van der Waals surface area contributed by atoms with Crippen LogP contribution in [-0.4, -0.2) is 43.4 Å². The molecule has 1 aliphatic heterocycles. The number of carbonyl (C=O) groups is 3. The molecule has 0 atom stereocenters. The summed E-state index contributed by atoms with van der Waals surface area (Å²) in [6.07, 6.45) is 0.573. The van der Waals surface area contributed by atoms with Gasteiger partial charge >= 0.3 is 0 Å². The van der Waals surface area contributed by atoms with Crippen molar-refractivity contribution in [1.29, 1.82) is 0 Å². The van der Waals surface area contributed by atoms with E-state index in [-0.39, 0.29) is 36.4 Å². The maximum atomic E-state index is 12.9. The molecule has 1 aliphatic rings. The van der Waals surface area contributed by atoms with E-state index < -0.39 is 0 Å². The maximum Gasteiger partial charge on any atom is 0.261 e. The maximum absolute atomic E-state index is 12.9. The number of carbonyl (C=O) groups excluding carboxylic acids is 3. The number of benzene rings is 3. The number of fused-ring (bicyclic) bond motifs is 1. The molecular formula is C26H24N2O5. The summed E-state index contributed by atoms with van der Waals surface area (Å²) < 4.78 is 10.5. The number of nitrogens with zero attached hydrogens (tertiary/aromatic N) is 1. The summed E-state index contributed by atoms with van der Waals surface area (Å²) in [5.74, 6) is 0.191. The molecule has 3 aromatic carbocycles. The SMILES string of the molecule is COc1ccc(CNC(=O)c2ccc3c(c2)C(=O)N(CCc2ccccc2)C3=O)c(OC)c1. The van der Waals surface area contributed by atoms with Crippen molar-refractivity contribution < 1.29 is 23.9 Å². The van der Waals surface area contributed by atoms with Crippen LogP contribution in [0.5, 0.6) is 11.5 Å². The fraction of sp³-hybridized carbons (Fsp3) is 0.192. The first-order chi connectivity index (χ1) is 16.0. The molecule has 1 heterocycles. The number of hydrogen-bond donors (Lipinski definition) is 1. The highest BCUT2D eigenvalue weighted by atomic mass is 16.5. The number of ether oxygens (including phenoxy) is 2. The van der Waals surface area contributed by atoms with Crippen LogP contribution in [0, 0.1) is 0 Å². The molecule has 3 aromatic rings. The largest absolute Gasteiger partial charge is 0.497 e. The van der Waals surface area contributed by atoms with E-state index in [0.717, 1.165) is 11.1 Å². The summed E-state index contributed by atoms with van der Waals surface area (Å²) in [4.78, 5) is 39.6. The van der Waals surface area contributed by atoms with Gasteiger partial charge in [0, 0.05) is 30.3 Å². The van der Waals surface area contributed by atoms with Crippen LogP contribution in [0.3, 0.4) is 0 Å². The standard InChI is InChI=1S/C26H24N2O5/c1-32-20-10-8-19(23(15-20)33-2)16-27-24(29)18-9-11-21-22(14-18)26(31)28(25(21)30)13-12-17-6-4-3-5-7-17/h3-11,14-15H,12-13,16H2,1-2H3,(H,27,29). The minimum Gasteiger partial charge on any atom is -0.497 e. The van der Waals surface area contributed by atoms with Crippen molar-refractivity contribution in [2.45, 2.75) is 13.0 Å². The van der Waals surface area contributed by atoms with E-state index in [9.17, 15) is 14.4 Å². The Bertz CT molecular complexity index is 1210. The smallest absolute Gasteiger partial charge is 0.261 e. The van der Waals surface area contributed by atoms with Gasteiger partial charge in [-0.15, -0.1) is 0 Å². The average Bonchev–Trinajstić information content (AvgIpc) is 3.10. The van der Waals surface area contributed by atoms with Gasteiger partial charge in [-0.3, -0.25) is 19.3 Å². The number of hydrogen-bond acceptors (Lipinski definition) is 5. The van der Waals surface area contributed by atoms with Crippen LogP contribution in [0.1, 0.15) is 42.2 Å². The summed E-state index contributed by atoms with van der Waals surface area (Å²) in [6.45, 7) is 0.522. The molecule has 33 heavy (non-hydrogen) atoms. The van der Waals surface area contributed by atoms with E-state index in [1.807, 2.05) is 36.4 Å². The lowest BCUT2D eigenvalue weighted by Crippen LogP contribution is -2.31. The molecule has 0 saturated heterocycles. The Hall–Kier alpha value is -4.13. The molecule has 0 unspecified atom stereocenters. The van der Waals surface area contributed by atoms with Crippen LogP contribution in [0.4, 0.5) is 0 Å². The van der Waals surface area contributed by atoms with Gasteiger partial charge in [0.2, 0.25) is 0 Å². The highest BCUT2D eigenvalue weighted by molar-refractivity contribution is 6.22. The molecule has 0 radical (unpaired) electrons. The van der Waals surface area contributed by atoms with Gasteiger partial charge in [0.25, 0.3) is 17.7 Å². The van der Waals surface area contributed by atoms with Crippen molar-refractivity contribution in [1.82, 2.24) is 10.2 Å². The Morgan fingerprint density at radius 1 is 0.879 bits per heavy atom. The molecule has 0 aromatic heterocycles. The second kappa shape index (κ2) is 9.56. The fourth-order valence-corrected chi connectivity index (χ4v) is 3.80. The van der Waals surface area contributed by atoms with Crippen LogP contribution >= 0.6 is 0 Å². The van der Waals surface area contributed by atoms with Gasteiger partial charge in [-0.25, -0.2) is 0 Å². The van der Waals surface area contributed by atoms with E-state index in [2.05, 4.69) is 5.32 Å². The summed E-state index contributed by atoms with van der Waals surface area (Å²) in [7, 11) is 3.12. The summed E-state index contributed by atoms with van der Waals surface area (Å²) in [6, 6.07) is 19.6. The van der Waals surface area contributed by atoms with Crippen LogP contribution in [-0.2, 0) is 13.0 Å². The Kier molecular flexibility index (Phi) is 6.40. The lowest BCUT2D eigenvalue weighted by atomic mass is 10.1. The molecule has 168 valence electrons. The van der Waals surface area contributed by atoms with Gasteiger partial charge in [0.15, 0.2) is 0 Å². The van der Waals surface area contributed by atoms with Crippen molar-refractivity contribution in [3.63, 3.8) is 0 Å². The van der Waals surface area contributed by atoms with Crippen LogP contribution < -0.4 is 14.8 Å². The molecule has 0 bridgehead atoms. The zero-order valence-corrected chi connectivity index (χ0v) is 18.5. The van der Waals surface area contributed by atoms with Crippen LogP contribution in [0.2, 0.25) is 0 Å². The quantitative estimate of drug-likeness (QED) is 0.538. The molecule has 3 amide bonds. The second-order valence-electron chi connectivity index (χ2n) is 7.62. The zero-order chi connectivity index (χ0) is 23.4. The normalized spacial score (nSPS) is 12.5. The molecule has 7 nitrogen and oxygen atoms in total. The number of imide groups is 1. The fourth-order valence-electron chi connectivity index (χ4n) is 3.80. The first kappa shape index (κ1) is 22.1. The minimum atomic E-state index is -0.377. The van der Waals surface area contributed by atoms with E-state index in [4.69, 9.17) is 9.47 Å². The third-order valence-electron chi connectivity index (χ3n) is 5.63. The van der Waals surface area contributed by atoms with Gasteiger partial charge in [-0.05, 0) is 42.3 Å². The number of amides is 3. The first-order valence-corrected chi connectivity index (χ1v) is 10.5. The molecule has 0 fully saturated rings. The Morgan fingerprint density at radius 2 is 1.64 bits per heavy atom. The lowest BCUT2D eigenvalue weighted by Gasteiger charge is -2.13. The van der Waals surface area contributed by atoms with Crippen molar-refractivity contribution >= 4 is 17.7 Å². The zero-order valence-electron chi connectivity index (χ0n) is 18.5. The van der Waals surface area contributed by atoms with Crippen molar-refractivity contribution in [2.75, 3.05) is 20.8 Å². The highest BCUT2D eigenvalue weighted by Crippen LogP contribution is 2.26. The van der Waals surface area contributed by atoms with Gasteiger partial charge in [0.05, 0.1) is 25.3 Å². The molecule has 4 rings (SSSR count). The Labute approximate surface area is 191 Å². The van der Waals surface area contributed by atoms with Crippen molar-refractivity contribution in [3.8, 4) is 11.5 Å². The monoisotopic (exact) mass is 444 g/mol. The Morgan fingerprint density at radius 3 is 2.36 bits per heavy atom. The highest BCUT2D eigenvalue weighted by Gasteiger charge is 2.35. The lowest BCUT2D eigenvalue weighted by molar-refractivity contribution is 0.0656.